The number of carbonyl (C=O) groups is 1. The van der Waals surface area contributed by atoms with E-state index < -0.39 is 0 Å². The van der Waals surface area contributed by atoms with Crippen LogP contribution < -0.4 is 19.5 Å². The highest BCUT2D eigenvalue weighted by atomic mass is 32.2. The van der Waals surface area contributed by atoms with Crippen LogP contribution in [0.25, 0.3) is 0 Å². The molecular formula is C21H35NO4S. The standard InChI is InChI=1S/C21H35NO4S/c1-6-8-10-11-13-27-19(12-9-7-2)21(23)22-20-17(25-4)14-16(24-3)15-18(20)26-5/h14-15,19H,6-13H2,1-5H3,(H,22,23). The Labute approximate surface area is 168 Å². The number of benzene rings is 1. The molecule has 0 heterocycles. The van der Waals surface area contributed by atoms with Crippen molar-refractivity contribution in [3.63, 3.8) is 0 Å². The maximum absolute atomic E-state index is 13.0. The van der Waals surface area contributed by atoms with Gasteiger partial charge in [0.15, 0.2) is 0 Å². The highest BCUT2D eigenvalue weighted by Crippen LogP contribution is 2.39. The van der Waals surface area contributed by atoms with Gasteiger partial charge in [0.05, 0.1) is 26.6 Å². The quantitative estimate of drug-likeness (QED) is 0.419. The van der Waals surface area contributed by atoms with Crippen LogP contribution in [-0.4, -0.2) is 38.2 Å². The van der Waals surface area contributed by atoms with Crippen LogP contribution >= 0.6 is 11.8 Å². The number of hydrogen-bond donors (Lipinski definition) is 1. The van der Waals surface area contributed by atoms with E-state index in [0.29, 0.717) is 22.9 Å². The van der Waals surface area contributed by atoms with Crippen LogP contribution in [-0.2, 0) is 4.79 Å². The molecule has 0 spiro atoms. The first-order valence-electron chi connectivity index (χ1n) is 9.83. The molecule has 1 unspecified atom stereocenters. The van der Waals surface area contributed by atoms with Crippen LogP contribution in [0, 0.1) is 0 Å². The van der Waals surface area contributed by atoms with Crippen LogP contribution in [0.2, 0.25) is 0 Å². The Kier molecular flexibility index (Phi) is 11.8. The molecule has 0 aliphatic rings. The maximum Gasteiger partial charge on any atom is 0.237 e. The molecule has 154 valence electrons. The summed E-state index contributed by atoms with van der Waals surface area (Å²) in [5.41, 5.74) is 0.555. The number of nitrogens with one attached hydrogen (secondary N) is 1. The number of unbranched alkanes of at least 4 members (excludes halogenated alkanes) is 4. The second-order valence-corrected chi connectivity index (χ2v) is 7.77. The molecule has 0 aliphatic carbocycles. The normalized spacial score (nSPS) is 11.7. The summed E-state index contributed by atoms with van der Waals surface area (Å²) in [6.45, 7) is 4.36. The molecule has 0 saturated heterocycles. The predicted octanol–water partition coefficient (Wildman–Crippen LogP) is 5.52. The average Bonchev–Trinajstić information content (AvgIpc) is 2.69. The smallest absolute Gasteiger partial charge is 0.237 e. The lowest BCUT2D eigenvalue weighted by molar-refractivity contribution is -0.115. The molecule has 1 aromatic carbocycles. The van der Waals surface area contributed by atoms with Gasteiger partial charge in [-0.1, -0.05) is 46.0 Å². The first kappa shape index (κ1) is 23.5. The van der Waals surface area contributed by atoms with Gasteiger partial charge in [0, 0.05) is 12.1 Å². The van der Waals surface area contributed by atoms with E-state index >= 15 is 0 Å². The summed E-state index contributed by atoms with van der Waals surface area (Å²) < 4.78 is 16.1. The number of methoxy groups -OCH3 is 3. The van der Waals surface area contributed by atoms with Crippen molar-refractivity contribution in [3.8, 4) is 17.2 Å². The largest absolute Gasteiger partial charge is 0.496 e. The average molecular weight is 398 g/mol. The number of hydrogen-bond acceptors (Lipinski definition) is 5. The van der Waals surface area contributed by atoms with Gasteiger partial charge in [-0.25, -0.2) is 0 Å². The van der Waals surface area contributed by atoms with E-state index in [9.17, 15) is 4.79 Å². The summed E-state index contributed by atoms with van der Waals surface area (Å²) in [6, 6.07) is 3.49. The van der Waals surface area contributed by atoms with Gasteiger partial charge in [-0.05, 0) is 18.6 Å². The van der Waals surface area contributed by atoms with Crippen molar-refractivity contribution in [3.05, 3.63) is 12.1 Å². The molecule has 1 amide bonds. The van der Waals surface area contributed by atoms with Gasteiger partial charge in [0.2, 0.25) is 5.91 Å². The Morgan fingerprint density at radius 2 is 1.59 bits per heavy atom. The third-order valence-corrected chi connectivity index (χ3v) is 5.77. The second-order valence-electron chi connectivity index (χ2n) is 6.46. The van der Waals surface area contributed by atoms with Crippen LogP contribution in [0.3, 0.4) is 0 Å². The zero-order valence-electron chi connectivity index (χ0n) is 17.4. The number of rotatable bonds is 14. The van der Waals surface area contributed by atoms with E-state index in [-0.39, 0.29) is 11.2 Å². The van der Waals surface area contributed by atoms with E-state index in [2.05, 4.69) is 19.2 Å². The van der Waals surface area contributed by atoms with Crippen molar-refractivity contribution in [2.75, 3.05) is 32.4 Å². The molecule has 0 aromatic heterocycles. The van der Waals surface area contributed by atoms with Gasteiger partial charge in [-0.2, -0.15) is 0 Å². The number of anilines is 1. The third-order valence-electron chi connectivity index (χ3n) is 4.39. The highest BCUT2D eigenvalue weighted by molar-refractivity contribution is 8.00. The minimum Gasteiger partial charge on any atom is -0.496 e. The monoisotopic (exact) mass is 397 g/mol. The molecule has 0 bridgehead atoms. The van der Waals surface area contributed by atoms with Crippen LogP contribution in [0.4, 0.5) is 5.69 Å². The highest BCUT2D eigenvalue weighted by Gasteiger charge is 2.22. The first-order chi connectivity index (χ1) is 13.1. The molecule has 6 heteroatoms. The number of thioether (sulfide) groups is 1. The Bertz CT molecular complexity index is 540. The third kappa shape index (κ3) is 7.91. The fourth-order valence-electron chi connectivity index (χ4n) is 2.77. The Hall–Kier alpha value is -1.56. The summed E-state index contributed by atoms with van der Waals surface area (Å²) in [6.07, 6.45) is 7.86. The molecule has 1 atom stereocenters. The Morgan fingerprint density at radius 3 is 2.11 bits per heavy atom. The summed E-state index contributed by atoms with van der Waals surface area (Å²) in [5.74, 6) is 2.70. The minimum absolute atomic E-state index is 0.00529. The molecule has 1 rings (SSSR count). The van der Waals surface area contributed by atoms with Crippen molar-refractivity contribution in [1.82, 2.24) is 0 Å². The fraction of sp³-hybridized carbons (Fsp3) is 0.667. The van der Waals surface area contributed by atoms with E-state index in [1.165, 1.54) is 19.3 Å². The molecule has 0 aliphatic heterocycles. The molecule has 0 radical (unpaired) electrons. The fourth-order valence-corrected chi connectivity index (χ4v) is 3.97. The van der Waals surface area contributed by atoms with Crippen molar-refractivity contribution in [1.29, 1.82) is 0 Å². The van der Waals surface area contributed by atoms with Crippen molar-refractivity contribution in [2.24, 2.45) is 0 Å². The van der Waals surface area contributed by atoms with Gasteiger partial charge < -0.3 is 19.5 Å². The lowest BCUT2D eigenvalue weighted by atomic mass is 10.2. The SMILES string of the molecule is CCCCCCSC(CCCC)C(=O)Nc1c(OC)cc(OC)cc1OC. The second kappa shape index (κ2) is 13.6. The number of carbonyl (C=O) groups excluding carboxylic acids is 1. The lowest BCUT2D eigenvalue weighted by Gasteiger charge is -2.20. The minimum atomic E-state index is -0.0666. The molecule has 5 nitrogen and oxygen atoms in total. The molecule has 0 fully saturated rings. The lowest BCUT2D eigenvalue weighted by Crippen LogP contribution is -2.26. The summed E-state index contributed by atoms with van der Waals surface area (Å²) >= 11 is 1.76. The van der Waals surface area contributed by atoms with E-state index in [4.69, 9.17) is 14.2 Å². The van der Waals surface area contributed by atoms with Gasteiger partial charge in [0.1, 0.15) is 22.9 Å². The summed E-state index contributed by atoms with van der Waals surface area (Å²) in [7, 11) is 4.73. The Morgan fingerprint density at radius 1 is 0.963 bits per heavy atom. The maximum atomic E-state index is 13.0. The molecule has 1 N–H and O–H groups in total. The first-order valence-corrected chi connectivity index (χ1v) is 10.9. The van der Waals surface area contributed by atoms with E-state index in [0.717, 1.165) is 31.4 Å². The van der Waals surface area contributed by atoms with Gasteiger partial charge in [-0.15, -0.1) is 11.8 Å². The summed E-state index contributed by atoms with van der Waals surface area (Å²) in [5, 5.41) is 2.96. The molecule has 1 aromatic rings. The van der Waals surface area contributed by atoms with Crippen molar-refractivity contribution in [2.45, 2.75) is 64.0 Å². The molecule has 27 heavy (non-hydrogen) atoms. The topological polar surface area (TPSA) is 56.8 Å². The zero-order chi connectivity index (χ0) is 20.1. The van der Waals surface area contributed by atoms with Crippen LogP contribution in [0.1, 0.15) is 58.8 Å². The van der Waals surface area contributed by atoms with Gasteiger partial charge in [0.25, 0.3) is 0 Å². The van der Waals surface area contributed by atoms with Gasteiger partial charge in [-0.3, -0.25) is 4.79 Å². The van der Waals surface area contributed by atoms with Crippen LogP contribution in [0.15, 0.2) is 12.1 Å². The number of ether oxygens (including phenoxy) is 3. The van der Waals surface area contributed by atoms with Crippen LogP contribution in [0.5, 0.6) is 17.2 Å². The van der Waals surface area contributed by atoms with Crippen molar-refractivity contribution >= 4 is 23.4 Å². The summed E-state index contributed by atoms with van der Waals surface area (Å²) in [4.78, 5) is 13.0. The van der Waals surface area contributed by atoms with E-state index in [1.54, 1.807) is 45.2 Å². The van der Waals surface area contributed by atoms with E-state index in [1.807, 2.05) is 0 Å². The van der Waals surface area contributed by atoms with Gasteiger partial charge >= 0.3 is 0 Å². The predicted molar refractivity (Wildman–Crippen MR) is 115 cm³/mol. The Balaban J connectivity index is 2.86. The molecule has 0 saturated carbocycles. The van der Waals surface area contributed by atoms with Crippen molar-refractivity contribution < 1.29 is 19.0 Å². The molecular weight excluding hydrogens is 362 g/mol. The number of amides is 1. The zero-order valence-corrected chi connectivity index (χ0v) is 18.2.